The number of benzene rings is 1. The monoisotopic (exact) mass is 395 g/mol. The number of aliphatic imine (C=N–C) groups is 1. The molecular weight excluding hydrogens is 366 g/mol. The summed E-state index contributed by atoms with van der Waals surface area (Å²) in [5.74, 6) is 2.05. The van der Waals surface area contributed by atoms with Gasteiger partial charge in [-0.3, -0.25) is 9.89 Å². The van der Waals surface area contributed by atoms with Gasteiger partial charge in [0.2, 0.25) is 0 Å². The van der Waals surface area contributed by atoms with Crippen molar-refractivity contribution < 1.29 is 4.52 Å². The van der Waals surface area contributed by atoms with Crippen LogP contribution in [0, 0.1) is 0 Å². The second kappa shape index (κ2) is 9.56. The molecule has 3 heterocycles. The highest BCUT2D eigenvalue weighted by Gasteiger charge is 2.20. The molecule has 1 aromatic carbocycles. The van der Waals surface area contributed by atoms with E-state index in [2.05, 4.69) is 43.2 Å². The highest BCUT2D eigenvalue weighted by atomic mass is 16.5. The number of H-pyrrole nitrogens is 1. The first-order valence-electron chi connectivity index (χ1n) is 10.4. The highest BCUT2D eigenvalue weighted by Crippen LogP contribution is 2.11. The van der Waals surface area contributed by atoms with E-state index >= 15 is 0 Å². The molecule has 0 aliphatic carbocycles. The van der Waals surface area contributed by atoms with Gasteiger partial charge in [-0.25, -0.2) is 4.98 Å². The lowest BCUT2D eigenvalue weighted by Crippen LogP contribution is -2.52. The number of aromatic amines is 1. The fraction of sp³-hybridized carbons (Fsp3) is 0.476. The Bertz CT molecular complexity index is 877. The van der Waals surface area contributed by atoms with Crippen molar-refractivity contribution >= 4 is 17.0 Å². The van der Waals surface area contributed by atoms with Crippen LogP contribution in [0.15, 0.2) is 46.1 Å². The van der Waals surface area contributed by atoms with E-state index in [1.165, 1.54) is 0 Å². The van der Waals surface area contributed by atoms with Crippen molar-refractivity contribution in [2.24, 2.45) is 4.99 Å². The van der Waals surface area contributed by atoms with Crippen LogP contribution in [0.4, 0.5) is 0 Å². The van der Waals surface area contributed by atoms with E-state index in [1.54, 1.807) is 6.26 Å². The van der Waals surface area contributed by atoms with Gasteiger partial charge in [-0.05, 0) is 25.5 Å². The Balaban J connectivity index is 1.26. The summed E-state index contributed by atoms with van der Waals surface area (Å²) in [5.41, 5.74) is 3.12. The predicted octanol–water partition coefficient (Wildman–Crippen LogP) is 2.27. The van der Waals surface area contributed by atoms with Gasteiger partial charge in [0.1, 0.15) is 12.1 Å². The minimum atomic E-state index is 0.790. The van der Waals surface area contributed by atoms with E-state index in [1.807, 2.05) is 24.3 Å². The first kappa shape index (κ1) is 19.4. The normalized spacial score (nSPS) is 15.9. The van der Waals surface area contributed by atoms with Gasteiger partial charge in [0.05, 0.1) is 16.7 Å². The van der Waals surface area contributed by atoms with Crippen LogP contribution in [-0.2, 0) is 13.0 Å². The lowest BCUT2D eigenvalue weighted by molar-refractivity contribution is 0.169. The molecule has 0 spiro atoms. The number of rotatable bonds is 7. The smallest absolute Gasteiger partial charge is 0.194 e. The third kappa shape index (κ3) is 5.14. The van der Waals surface area contributed by atoms with Gasteiger partial charge in [0, 0.05) is 58.3 Å². The molecule has 2 N–H and O–H groups in total. The third-order valence-electron chi connectivity index (χ3n) is 5.16. The molecule has 0 radical (unpaired) electrons. The van der Waals surface area contributed by atoms with Crippen LogP contribution in [-0.4, -0.2) is 70.2 Å². The largest absolute Gasteiger partial charge is 0.364 e. The van der Waals surface area contributed by atoms with Gasteiger partial charge in [-0.2, -0.15) is 0 Å². The van der Waals surface area contributed by atoms with Crippen molar-refractivity contribution in [3.05, 3.63) is 48.1 Å². The van der Waals surface area contributed by atoms with Gasteiger partial charge in [0.25, 0.3) is 0 Å². The molecule has 0 saturated carbocycles. The minimum Gasteiger partial charge on any atom is -0.364 e. The van der Waals surface area contributed by atoms with E-state index in [0.717, 1.165) is 87.2 Å². The van der Waals surface area contributed by atoms with Crippen LogP contribution in [0.3, 0.4) is 0 Å². The number of nitrogens with one attached hydrogen (secondary N) is 2. The van der Waals surface area contributed by atoms with Crippen molar-refractivity contribution in [1.82, 2.24) is 30.2 Å². The van der Waals surface area contributed by atoms with Crippen LogP contribution in [0.1, 0.15) is 24.9 Å². The fourth-order valence-electron chi connectivity index (χ4n) is 3.65. The molecule has 2 aromatic heterocycles. The molecule has 0 atom stereocenters. The Morgan fingerprint density at radius 3 is 2.83 bits per heavy atom. The molecule has 0 bridgehead atoms. The quantitative estimate of drug-likeness (QED) is 0.363. The number of piperazine rings is 1. The molecular formula is C21H29N7O. The van der Waals surface area contributed by atoms with Crippen LogP contribution in [0.2, 0.25) is 0 Å². The Kier molecular flexibility index (Phi) is 6.41. The molecule has 1 saturated heterocycles. The average molecular weight is 396 g/mol. The maximum Gasteiger partial charge on any atom is 0.194 e. The second-order valence-corrected chi connectivity index (χ2v) is 7.29. The maximum absolute atomic E-state index is 4.93. The highest BCUT2D eigenvalue weighted by molar-refractivity contribution is 5.80. The van der Waals surface area contributed by atoms with Crippen molar-refractivity contribution in [3.8, 4) is 0 Å². The van der Waals surface area contributed by atoms with Crippen LogP contribution >= 0.6 is 0 Å². The summed E-state index contributed by atoms with van der Waals surface area (Å²) >= 11 is 0. The molecule has 8 nitrogen and oxygen atoms in total. The number of hydrogen-bond donors (Lipinski definition) is 2. The number of hydrogen-bond acceptors (Lipinski definition) is 5. The van der Waals surface area contributed by atoms with Crippen molar-refractivity contribution in [3.63, 3.8) is 0 Å². The van der Waals surface area contributed by atoms with Gasteiger partial charge in [0.15, 0.2) is 5.96 Å². The summed E-state index contributed by atoms with van der Waals surface area (Å²) < 4.78 is 4.93. The summed E-state index contributed by atoms with van der Waals surface area (Å²) in [5, 5.41) is 7.45. The number of para-hydroxylation sites is 2. The molecule has 0 amide bonds. The number of aromatic nitrogens is 3. The molecule has 0 unspecified atom stereocenters. The maximum atomic E-state index is 4.93. The summed E-state index contributed by atoms with van der Waals surface area (Å²) in [4.78, 5) is 17.6. The zero-order valence-corrected chi connectivity index (χ0v) is 17.0. The fourth-order valence-corrected chi connectivity index (χ4v) is 3.65. The lowest BCUT2D eigenvalue weighted by atomic mass is 10.3. The van der Waals surface area contributed by atoms with Crippen molar-refractivity contribution in [2.75, 3.05) is 39.3 Å². The molecule has 29 heavy (non-hydrogen) atoms. The van der Waals surface area contributed by atoms with Gasteiger partial charge >= 0.3 is 0 Å². The summed E-state index contributed by atoms with van der Waals surface area (Å²) in [6, 6.07) is 10.1. The summed E-state index contributed by atoms with van der Waals surface area (Å²) in [7, 11) is 0. The lowest BCUT2D eigenvalue weighted by Gasteiger charge is -2.36. The van der Waals surface area contributed by atoms with Gasteiger partial charge in [-0.1, -0.05) is 17.3 Å². The molecule has 4 rings (SSSR count). The first-order valence-corrected chi connectivity index (χ1v) is 10.4. The van der Waals surface area contributed by atoms with E-state index in [-0.39, 0.29) is 0 Å². The molecule has 1 aliphatic rings. The Hall–Kier alpha value is -2.87. The number of aryl methyl sites for hydroxylation is 1. The van der Waals surface area contributed by atoms with E-state index < -0.39 is 0 Å². The number of guanidine groups is 1. The summed E-state index contributed by atoms with van der Waals surface area (Å²) in [6.45, 7) is 8.55. The SMILES string of the molecule is CCNC(=NCCCc1nc2ccccc2[nH]1)N1CCN(Cc2ccon2)CC1. The standard InChI is InChI=1S/C21H29N7O/c1-2-22-21(28-13-11-27(12-14-28)16-17-9-15-29-26-17)23-10-5-8-20-24-18-6-3-4-7-19(18)25-20/h3-4,6-7,9,15H,2,5,8,10-14,16H2,1H3,(H,22,23)(H,24,25). The van der Waals surface area contributed by atoms with E-state index in [0.29, 0.717) is 0 Å². The van der Waals surface area contributed by atoms with Gasteiger partial charge in [-0.15, -0.1) is 0 Å². The van der Waals surface area contributed by atoms with E-state index in [9.17, 15) is 0 Å². The van der Waals surface area contributed by atoms with Crippen molar-refractivity contribution in [1.29, 1.82) is 0 Å². The zero-order valence-electron chi connectivity index (χ0n) is 17.0. The third-order valence-corrected chi connectivity index (χ3v) is 5.16. The predicted molar refractivity (Wildman–Crippen MR) is 114 cm³/mol. The van der Waals surface area contributed by atoms with E-state index in [4.69, 9.17) is 9.52 Å². The second-order valence-electron chi connectivity index (χ2n) is 7.29. The topological polar surface area (TPSA) is 85.6 Å². The summed E-state index contributed by atoms with van der Waals surface area (Å²) in [6.07, 6.45) is 3.51. The Labute approximate surface area is 171 Å². The molecule has 8 heteroatoms. The molecule has 1 aliphatic heterocycles. The van der Waals surface area contributed by atoms with Crippen LogP contribution < -0.4 is 5.32 Å². The zero-order chi connectivity index (χ0) is 19.9. The Morgan fingerprint density at radius 2 is 2.07 bits per heavy atom. The minimum absolute atomic E-state index is 0.790. The number of imidazole rings is 1. The first-order chi connectivity index (χ1) is 14.3. The number of fused-ring (bicyclic) bond motifs is 1. The van der Waals surface area contributed by atoms with Gasteiger partial charge < -0.3 is 19.7 Å². The molecule has 3 aromatic rings. The number of nitrogens with zero attached hydrogens (tertiary/aromatic N) is 5. The van der Waals surface area contributed by atoms with Crippen LogP contribution in [0.25, 0.3) is 11.0 Å². The van der Waals surface area contributed by atoms with Crippen molar-refractivity contribution in [2.45, 2.75) is 26.3 Å². The van der Waals surface area contributed by atoms with Crippen LogP contribution in [0.5, 0.6) is 0 Å². The average Bonchev–Trinajstić information content (AvgIpc) is 3.40. The Morgan fingerprint density at radius 1 is 1.21 bits per heavy atom. The molecule has 154 valence electrons. The molecule has 1 fully saturated rings.